The first kappa shape index (κ1) is 18.7. The van der Waals surface area contributed by atoms with Crippen molar-refractivity contribution >= 4 is 15.9 Å². The smallest absolute Gasteiger partial charge is 0.238 e. The standard InChI is InChI=1S/C18H26N2O3S/c1-11(2)9-15-16(18(15,4)5)17(21)20-12(3)13-7-6-8-14(10-13)24(19,22)23/h6-10,12,15-16H,1-5H3,(H,20,21)(H2,19,22,23)/t12-,15-,16+/m1/s1. The number of rotatable bonds is 5. The van der Waals surface area contributed by atoms with Crippen molar-refractivity contribution in [3.63, 3.8) is 0 Å². The van der Waals surface area contributed by atoms with Crippen molar-refractivity contribution in [3.8, 4) is 0 Å². The molecule has 0 radical (unpaired) electrons. The van der Waals surface area contributed by atoms with Gasteiger partial charge in [0.05, 0.1) is 16.9 Å². The summed E-state index contributed by atoms with van der Waals surface area (Å²) in [5.41, 5.74) is 1.87. The topological polar surface area (TPSA) is 89.3 Å². The van der Waals surface area contributed by atoms with Crippen molar-refractivity contribution < 1.29 is 13.2 Å². The molecule has 0 spiro atoms. The minimum Gasteiger partial charge on any atom is -0.349 e. The number of primary sulfonamides is 1. The van der Waals surface area contributed by atoms with Gasteiger partial charge in [-0.1, -0.05) is 37.6 Å². The second-order valence-corrected chi connectivity index (χ2v) is 8.98. The molecule has 1 amide bonds. The van der Waals surface area contributed by atoms with Crippen molar-refractivity contribution in [1.82, 2.24) is 5.32 Å². The first-order valence-corrected chi connectivity index (χ1v) is 9.57. The molecule has 0 saturated heterocycles. The third kappa shape index (κ3) is 3.87. The molecule has 6 heteroatoms. The number of hydrogen-bond donors (Lipinski definition) is 2. The monoisotopic (exact) mass is 350 g/mol. The molecule has 0 heterocycles. The molecule has 1 saturated carbocycles. The summed E-state index contributed by atoms with van der Waals surface area (Å²) in [6, 6.07) is 6.08. The highest BCUT2D eigenvalue weighted by Gasteiger charge is 2.60. The van der Waals surface area contributed by atoms with Gasteiger partial charge in [-0.15, -0.1) is 0 Å². The van der Waals surface area contributed by atoms with Gasteiger partial charge in [0.1, 0.15) is 0 Å². The number of carbonyl (C=O) groups is 1. The predicted molar refractivity (Wildman–Crippen MR) is 94.6 cm³/mol. The molecule has 3 atom stereocenters. The molecule has 24 heavy (non-hydrogen) atoms. The molecule has 3 N–H and O–H groups in total. The number of nitrogens with two attached hydrogens (primary N) is 1. The molecule has 1 fully saturated rings. The summed E-state index contributed by atoms with van der Waals surface area (Å²) in [5, 5.41) is 8.16. The van der Waals surface area contributed by atoms with Crippen molar-refractivity contribution in [1.29, 1.82) is 0 Å². The Kier molecular flexibility index (Phi) is 4.93. The third-order valence-corrected chi connectivity index (χ3v) is 5.66. The molecule has 1 aliphatic carbocycles. The van der Waals surface area contributed by atoms with Crippen LogP contribution >= 0.6 is 0 Å². The second-order valence-electron chi connectivity index (χ2n) is 7.42. The van der Waals surface area contributed by atoms with Crippen LogP contribution in [0.4, 0.5) is 0 Å². The van der Waals surface area contributed by atoms with Crippen LogP contribution in [0.2, 0.25) is 0 Å². The Morgan fingerprint density at radius 3 is 2.50 bits per heavy atom. The number of nitrogens with one attached hydrogen (secondary N) is 1. The molecular weight excluding hydrogens is 324 g/mol. The zero-order valence-corrected chi connectivity index (χ0v) is 15.6. The maximum absolute atomic E-state index is 12.6. The van der Waals surface area contributed by atoms with Crippen LogP contribution in [0.3, 0.4) is 0 Å². The summed E-state index contributed by atoms with van der Waals surface area (Å²) in [4.78, 5) is 12.6. The zero-order valence-electron chi connectivity index (χ0n) is 14.8. The maximum Gasteiger partial charge on any atom is 0.238 e. The molecule has 0 aliphatic heterocycles. The highest BCUT2D eigenvalue weighted by Crippen LogP contribution is 2.59. The maximum atomic E-state index is 12.6. The lowest BCUT2D eigenvalue weighted by molar-refractivity contribution is -0.123. The lowest BCUT2D eigenvalue weighted by Crippen LogP contribution is -2.29. The zero-order chi connectivity index (χ0) is 18.3. The van der Waals surface area contributed by atoms with Gasteiger partial charge >= 0.3 is 0 Å². The predicted octanol–water partition coefficient (Wildman–Crippen LogP) is 2.75. The Labute approximate surface area is 144 Å². The number of allylic oxidation sites excluding steroid dienone is 2. The van der Waals surface area contributed by atoms with Gasteiger partial charge in [0, 0.05) is 0 Å². The van der Waals surface area contributed by atoms with Gasteiger partial charge in [-0.05, 0) is 49.8 Å². The van der Waals surface area contributed by atoms with E-state index < -0.39 is 10.0 Å². The quantitative estimate of drug-likeness (QED) is 0.800. The molecule has 1 aromatic rings. The van der Waals surface area contributed by atoms with Crippen molar-refractivity contribution in [2.45, 2.75) is 45.6 Å². The van der Waals surface area contributed by atoms with E-state index in [0.29, 0.717) is 5.56 Å². The Morgan fingerprint density at radius 1 is 1.33 bits per heavy atom. The molecule has 5 nitrogen and oxygen atoms in total. The van der Waals surface area contributed by atoms with E-state index in [1.807, 2.05) is 20.8 Å². The Bertz CT molecular complexity index is 777. The van der Waals surface area contributed by atoms with Crippen molar-refractivity contribution in [2.75, 3.05) is 0 Å². The lowest BCUT2D eigenvalue weighted by Gasteiger charge is -2.15. The molecule has 0 bridgehead atoms. The van der Waals surface area contributed by atoms with E-state index in [9.17, 15) is 13.2 Å². The van der Waals surface area contributed by atoms with Crippen molar-refractivity contribution in [2.24, 2.45) is 22.4 Å². The molecule has 1 aliphatic rings. The minimum absolute atomic E-state index is 0.00370. The lowest BCUT2D eigenvalue weighted by atomic mass is 10.1. The Balaban J connectivity index is 2.12. The number of benzene rings is 1. The molecule has 132 valence electrons. The van der Waals surface area contributed by atoms with E-state index >= 15 is 0 Å². The van der Waals surface area contributed by atoms with E-state index in [1.165, 1.54) is 17.7 Å². The van der Waals surface area contributed by atoms with Gasteiger partial charge in [-0.25, -0.2) is 13.6 Å². The summed E-state index contributed by atoms with van der Waals surface area (Å²) in [6.07, 6.45) is 2.15. The first-order valence-electron chi connectivity index (χ1n) is 8.02. The number of hydrogen-bond acceptors (Lipinski definition) is 3. The highest BCUT2D eigenvalue weighted by atomic mass is 32.2. The van der Waals surface area contributed by atoms with E-state index in [2.05, 4.69) is 25.2 Å². The van der Waals surface area contributed by atoms with Crippen LogP contribution in [0.5, 0.6) is 0 Å². The van der Waals surface area contributed by atoms with Crippen LogP contribution in [0.25, 0.3) is 0 Å². The van der Waals surface area contributed by atoms with Crippen LogP contribution < -0.4 is 10.5 Å². The van der Waals surface area contributed by atoms with E-state index in [-0.39, 0.29) is 34.1 Å². The fourth-order valence-electron chi connectivity index (χ4n) is 3.20. The molecule has 2 rings (SSSR count). The minimum atomic E-state index is -3.75. The van der Waals surface area contributed by atoms with E-state index in [4.69, 9.17) is 5.14 Å². The molecular formula is C18H26N2O3S. The van der Waals surface area contributed by atoms with Gasteiger partial charge in [0.25, 0.3) is 0 Å². The van der Waals surface area contributed by atoms with Crippen LogP contribution in [-0.2, 0) is 14.8 Å². The van der Waals surface area contributed by atoms with Crippen LogP contribution in [0.15, 0.2) is 40.8 Å². The van der Waals surface area contributed by atoms with E-state index in [0.717, 1.165) is 0 Å². The second kappa shape index (κ2) is 6.33. The molecule has 0 aromatic heterocycles. The fourth-order valence-corrected chi connectivity index (χ4v) is 3.76. The fraction of sp³-hybridized carbons (Fsp3) is 0.500. The normalized spacial score (nSPS) is 23.2. The average molecular weight is 350 g/mol. The third-order valence-electron chi connectivity index (χ3n) is 4.75. The number of amides is 1. The van der Waals surface area contributed by atoms with Gasteiger partial charge in [-0.3, -0.25) is 4.79 Å². The van der Waals surface area contributed by atoms with Crippen LogP contribution in [-0.4, -0.2) is 14.3 Å². The number of carbonyl (C=O) groups excluding carboxylic acids is 1. The van der Waals surface area contributed by atoms with Gasteiger partial charge < -0.3 is 5.32 Å². The summed E-state index contributed by atoms with van der Waals surface area (Å²) in [5.74, 6) is 0.178. The molecule has 0 unspecified atom stereocenters. The van der Waals surface area contributed by atoms with Crippen LogP contribution in [0.1, 0.15) is 46.2 Å². The summed E-state index contributed by atoms with van der Waals surface area (Å²) in [6.45, 7) is 10.1. The largest absolute Gasteiger partial charge is 0.349 e. The van der Waals surface area contributed by atoms with Gasteiger partial charge in [0.2, 0.25) is 15.9 Å². The summed E-state index contributed by atoms with van der Waals surface area (Å²) < 4.78 is 22.9. The number of sulfonamides is 1. The summed E-state index contributed by atoms with van der Waals surface area (Å²) >= 11 is 0. The van der Waals surface area contributed by atoms with Crippen LogP contribution in [0, 0.1) is 17.3 Å². The summed E-state index contributed by atoms with van der Waals surface area (Å²) in [7, 11) is -3.75. The Morgan fingerprint density at radius 2 is 1.96 bits per heavy atom. The van der Waals surface area contributed by atoms with Gasteiger partial charge in [-0.2, -0.15) is 0 Å². The highest BCUT2D eigenvalue weighted by molar-refractivity contribution is 7.89. The van der Waals surface area contributed by atoms with E-state index in [1.54, 1.807) is 12.1 Å². The Hall–Kier alpha value is -1.66. The van der Waals surface area contributed by atoms with Gasteiger partial charge in [0.15, 0.2) is 0 Å². The SMILES string of the molecule is CC(C)=C[C@@H]1[C@@H](C(=O)N[C@H](C)c2cccc(S(N)(=O)=O)c2)C1(C)C. The van der Waals surface area contributed by atoms with Crippen molar-refractivity contribution in [3.05, 3.63) is 41.5 Å². The average Bonchev–Trinajstić information content (AvgIpc) is 2.98. The first-order chi connectivity index (χ1) is 10.9. The molecule has 1 aromatic carbocycles.